The summed E-state index contributed by atoms with van der Waals surface area (Å²) in [6.45, 7) is 2.80. The molecule has 6 nitrogen and oxygen atoms in total. The Morgan fingerprint density at radius 3 is 2.50 bits per heavy atom. The number of nitrogens with zero attached hydrogens (tertiary/aromatic N) is 3. The van der Waals surface area contributed by atoms with E-state index in [0.717, 1.165) is 27.7 Å². The van der Waals surface area contributed by atoms with Gasteiger partial charge in [-0.25, -0.2) is 9.79 Å². The van der Waals surface area contributed by atoms with Crippen molar-refractivity contribution in [3.05, 3.63) is 65.9 Å². The molecule has 1 aliphatic heterocycles. The van der Waals surface area contributed by atoms with Crippen LogP contribution in [-0.2, 0) is 9.63 Å². The molecule has 0 atom stereocenters. The minimum absolute atomic E-state index is 0.0953. The number of hydrogen-bond acceptors (Lipinski definition) is 5. The molecule has 0 amide bonds. The Morgan fingerprint density at radius 2 is 1.73 bits per heavy atom. The molecule has 0 saturated heterocycles. The molecule has 6 heteroatoms. The second-order valence-electron chi connectivity index (χ2n) is 5.95. The summed E-state index contributed by atoms with van der Waals surface area (Å²) >= 11 is 0. The number of hydrogen-bond donors (Lipinski definition) is 0. The van der Waals surface area contributed by atoms with Gasteiger partial charge < -0.3 is 4.84 Å². The van der Waals surface area contributed by atoms with E-state index >= 15 is 0 Å². The van der Waals surface area contributed by atoms with Crippen LogP contribution in [0, 0.1) is 0 Å². The van der Waals surface area contributed by atoms with Gasteiger partial charge in [-0.15, -0.1) is 0 Å². The summed E-state index contributed by atoms with van der Waals surface area (Å²) in [5.41, 5.74) is 4.13. The highest BCUT2D eigenvalue weighted by Crippen LogP contribution is 2.32. The summed E-state index contributed by atoms with van der Waals surface area (Å²) in [6, 6.07) is 15.1. The molecule has 2 aromatic carbocycles. The first-order valence-corrected chi connectivity index (χ1v) is 8.11. The van der Waals surface area contributed by atoms with Gasteiger partial charge in [0.2, 0.25) is 5.91 Å². The van der Waals surface area contributed by atoms with E-state index in [1.165, 1.54) is 13.8 Å². The number of carbonyl (C=O) groups is 2. The number of fused-ring (bicyclic) bond motifs is 2. The van der Waals surface area contributed by atoms with Gasteiger partial charge in [0.05, 0.1) is 11.2 Å². The van der Waals surface area contributed by atoms with E-state index in [-0.39, 0.29) is 5.91 Å². The summed E-state index contributed by atoms with van der Waals surface area (Å²) in [4.78, 5) is 32.8. The number of oxime groups is 1. The molecule has 0 unspecified atom stereocenters. The van der Waals surface area contributed by atoms with E-state index < -0.39 is 5.97 Å². The largest absolute Gasteiger partial charge is 0.332 e. The molecule has 0 radical (unpaired) electrons. The van der Waals surface area contributed by atoms with Crippen LogP contribution in [0.5, 0.6) is 0 Å². The zero-order chi connectivity index (χ0) is 18.3. The highest BCUT2D eigenvalue weighted by atomic mass is 16.7. The zero-order valence-electron chi connectivity index (χ0n) is 14.3. The second kappa shape index (κ2) is 6.07. The standard InChI is InChI=1S/C20H15N3O3/c1-12(24)23-11-16(14-7-4-6-10-18(14)23)19-20(22-26-13(2)25)15-8-3-5-9-17(15)21-19/h3-11H,1-2H3. The van der Waals surface area contributed by atoms with Crippen molar-refractivity contribution >= 4 is 39.9 Å². The fourth-order valence-electron chi connectivity index (χ4n) is 3.09. The van der Waals surface area contributed by atoms with Gasteiger partial charge >= 0.3 is 5.97 Å². The van der Waals surface area contributed by atoms with Crippen LogP contribution in [0.4, 0.5) is 5.69 Å². The van der Waals surface area contributed by atoms with E-state index in [2.05, 4.69) is 10.1 Å². The third kappa shape index (κ3) is 2.52. The third-order valence-corrected chi connectivity index (χ3v) is 4.19. The van der Waals surface area contributed by atoms with Crippen molar-refractivity contribution in [2.24, 2.45) is 10.1 Å². The zero-order valence-corrected chi connectivity index (χ0v) is 14.3. The summed E-state index contributed by atoms with van der Waals surface area (Å²) in [5, 5.41) is 4.90. The maximum Gasteiger partial charge on any atom is 0.332 e. The Balaban J connectivity index is 1.95. The molecule has 0 spiro atoms. The highest BCUT2D eigenvalue weighted by molar-refractivity contribution is 6.58. The molecule has 0 fully saturated rings. The maximum atomic E-state index is 12.0. The van der Waals surface area contributed by atoms with E-state index in [9.17, 15) is 9.59 Å². The van der Waals surface area contributed by atoms with Gasteiger partial charge in [0.1, 0.15) is 11.4 Å². The van der Waals surface area contributed by atoms with Gasteiger partial charge in [0.15, 0.2) is 0 Å². The monoisotopic (exact) mass is 345 g/mol. The molecule has 3 aromatic rings. The molecular formula is C20H15N3O3. The van der Waals surface area contributed by atoms with Crippen molar-refractivity contribution < 1.29 is 14.4 Å². The number of para-hydroxylation sites is 2. The smallest absolute Gasteiger partial charge is 0.318 e. The molecule has 128 valence electrons. The molecule has 1 aliphatic rings. The van der Waals surface area contributed by atoms with Crippen molar-refractivity contribution in [1.29, 1.82) is 0 Å². The van der Waals surface area contributed by atoms with E-state index in [1.54, 1.807) is 10.8 Å². The average molecular weight is 345 g/mol. The number of aliphatic imine (C=N–C) groups is 1. The van der Waals surface area contributed by atoms with Crippen molar-refractivity contribution in [2.45, 2.75) is 13.8 Å². The molecule has 26 heavy (non-hydrogen) atoms. The van der Waals surface area contributed by atoms with Crippen LogP contribution < -0.4 is 0 Å². The predicted molar refractivity (Wildman–Crippen MR) is 99.2 cm³/mol. The van der Waals surface area contributed by atoms with Crippen molar-refractivity contribution in [1.82, 2.24) is 4.57 Å². The molecule has 2 heterocycles. The van der Waals surface area contributed by atoms with Crippen LogP contribution in [0.1, 0.15) is 29.8 Å². The molecule has 0 aliphatic carbocycles. The minimum Gasteiger partial charge on any atom is -0.318 e. The SMILES string of the molecule is CC(=O)ON=C1C(c2cn(C(C)=O)c3ccccc23)=Nc2ccccc21. The maximum absolute atomic E-state index is 12.0. The normalized spacial score (nSPS) is 14.4. The molecule has 1 aromatic heterocycles. The van der Waals surface area contributed by atoms with E-state index in [4.69, 9.17) is 4.84 Å². The van der Waals surface area contributed by atoms with Crippen LogP contribution in [-0.4, -0.2) is 27.9 Å². The lowest BCUT2D eigenvalue weighted by Gasteiger charge is -2.02. The summed E-state index contributed by atoms with van der Waals surface area (Å²) in [5.74, 6) is -0.602. The van der Waals surface area contributed by atoms with Crippen molar-refractivity contribution in [3.8, 4) is 0 Å². The Labute approximate surface area is 149 Å². The lowest BCUT2D eigenvalue weighted by atomic mass is 10.0. The van der Waals surface area contributed by atoms with Gasteiger partial charge in [-0.3, -0.25) is 9.36 Å². The summed E-state index contributed by atoms with van der Waals surface area (Å²) in [6.07, 6.45) is 1.75. The first-order chi connectivity index (χ1) is 12.6. The van der Waals surface area contributed by atoms with Crippen molar-refractivity contribution in [2.75, 3.05) is 0 Å². The van der Waals surface area contributed by atoms with E-state index in [0.29, 0.717) is 11.4 Å². The first kappa shape index (κ1) is 16.0. The molecule has 4 rings (SSSR count). The Morgan fingerprint density at radius 1 is 1.00 bits per heavy atom. The summed E-state index contributed by atoms with van der Waals surface area (Å²) in [7, 11) is 0. The van der Waals surface area contributed by atoms with Gasteiger partial charge in [-0.2, -0.15) is 0 Å². The fourth-order valence-corrected chi connectivity index (χ4v) is 3.09. The van der Waals surface area contributed by atoms with Gasteiger partial charge in [-0.1, -0.05) is 41.6 Å². The first-order valence-electron chi connectivity index (χ1n) is 8.11. The molecule has 0 saturated carbocycles. The minimum atomic E-state index is -0.507. The van der Waals surface area contributed by atoms with Crippen LogP contribution in [0.25, 0.3) is 10.9 Å². The van der Waals surface area contributed by atoms with Crippen LogP contribution in [0.3, 0.4) is 0 Å². The number of carbonyl (C=O) groups excluding carboxylic acids is 2. The highest BCUT2D eigenvalue weighted by Gasteiger charge is 2.27. The number of aromatic nitrogens is 1. The lowest BCUT2D eigenvalue weighted by molar-refractivity contribution is -0.140. The van der Waals surface area contributed by atoms with Crippen LogP contribution in [0.2, 0.25) is 0 Å². The second-order valence-corrected chi connectivity index (χ2v) is 5.95. The van der Waals surface area contributed by atoms with Crippen molar-refractivity contribution in [3.63, 3.8) is 0 Å². The molecular weight excluding hydrogens is 330 g/mol. The number of benzene rings is 2. The lowest BCUT2D eigenvalue weighted by Crippen LogP contribution is -2.14. The third-order valence-electron chi connectivity index (χ3n) is 4.19. The average Bonchev–Trinajstić information content (AvgIpc) is 3.18. The predicted octanol–water partition coefficient (Wildman–Crippen LogP) is 3.70. The van der Waals surface area contributed by atoms with Crippen LogP contribution >= 0.6 is 0 Å². The molecule has 0 N–H and O–H groups in total. The fraction of sp³-hybridized carbons (Fsp3) is 0.100. The quantitative estimate of drug-likeness (QED) is 0.525. The Hall–Kier alpha value is -3.54. The van der Waals surface area contributed by atoms with Gasteiger partial charge in [0.25, 0.3) is 0 Å². The topological polar surface area (TPSA) is 73.0 Å². The number of rotatable bonds is 2. The van der Waals surface area contributed by atoms with Gasteiger partial charge in [-0.05, 0) is 12.1 Å². The summed E-state index contributed by atoms with van der Waals surface area (Å²) < 4.78 is 1.58. The van der Waals surface area contributed by atoms with Crippen LogP contribution in [0.15, 0.2) is 64.9 Å². The van der Waals surface area contributed by atoms with E-state index in [1.807, 2.05) is 48.5 Å². The Kier molecular flexibility index (Phi) is 3.73. The van der Waals surface area contributed by atoms with Gasteiger partial charge in [0, 0.05) is 36.6 Å². The molecule has 0 bridgehead atoms. The Bertz CT molecular complexity index is 1120.